The number of aliphatic hydroxyl groups excluding tert-OH is 1. The molecule has 0 atom stereocenters. The first-order chi connectivity index (χ1) is 6.53. The van der Waals surface area contributed by atoms with Crippen LogP contribution in [-0.4, -0.2) is 43.8 Å². The Balaban J connectivity index is 2.53. The van der Waals surface area contributed by atoms with E-state index in [0.29, 0.717) is 11.8 Å². The predicted molar refractivity (Wildman–Crippen MR) is 41.7 cm³/mol. The number of halogens is 3. The summed E-state index contributed by atoms with van der Waals surface area (Å²) in [5.74, 6) is -1.04. The SMILES string of the molecule is OCCn1nnnc1SCC(F)(F)F. The third-order valence-corrected chi connectivity index (χ3v) is 2.20. The zero-order valence-electron chi connectivity index (χ0n) is 6.90. The van der Waals surface area contributed by atoms with Gasteiger partial charge in [-0.2, -0.15) is 13.2 Å². The van der Waals surface area contributed by atoms with Crippen LogP contribution in [-0.2, 0) is 6.54 Å². The van der Waals surface area contributed by atoms with Crippen molar-refractivity contribution in [3.8, 4) is 0 Å². The maximum absolute atomic E-state index is 11.8. The van der Waals surface area contributed by atoms with E-state index >= 15 is 0 Å². The quantitative estimate of drug-likeness (QED) is 0.752. The molecule has 9 heteroatoms. The number of hydrogen-bond donors (Lipinski definition) is 1. The second-order valence-electron chi connectivity index (χ2n) is 2.31. The second kappa shape index (κ2) is 4.60. The van der Waals surface area contributed by atoms with Crippen LogP contribution in [0, 0.1) is 0 Å². The molecule has 0 saturated carbocycles. The third kappa shape index (κ3) is 3.50. The van der Waals surface area contributed by atoms with E-state index < -0.39 is 11.9 Å². The van der Waals surface area contributed by atoms with Gasteiger partial charge in [-0.15, -0.1) is 5.10 Å². The van der Waals surface area contributed by atoms with E-state index in [4.69, 9.17) is 5.11 Å². The van der Waals surface area contributed by atoms with Crippen LogP contribution in [0.3, 0.4) is 0 Å². The molecule has 0 aliphatic rings. The molecule has 0 amide bonds. The molecule has 80 valence electrons. The number of nitrogens with zero attached hydrogens (tertiary/aromatic N) is 4. The van der Waals surface area contributed by atoms with Crippen molar-refractivity contribution in [2.24, 2.45) is 0 Å². The molecule has 0 unspecified atom stereocenters. The van der Waals surface area contributed by atoms with Crippen LogP contribution in [0.2, 0.25) is 0 Å². The number of thioether (sulfide) groups is 1. The first-order valence-electron chi connectivity index (χ1n) is 3.59. The van der Waals surface area contributed by atoms with Gasteiger partial charge in [0, 0.05) is 0 Å². The van der Waals surface area contributed by atoms with Crippen LogP contribution in [0.4, 0.5) is 13.2 Å². The van der Waals surface area contributed by atoms with Crippen LogP contribution in [0.1, 0.15) is 0 Å². The summed E-state index contributed by atoms with van der Waals surface area (Å²) in [5.41, 5.74) is 0. The van der Waals surface area contributed by atoms with Crippen LogP contribution < -0.4 is 0 Å². The Morgan fingerprint density at radius 2 is 2.14 bits per heavy atom. The van der Waals surface area contributed by atoms with Gasteiger partial charge < -0.3 is 5.11 Å². The average molecular weight is 228 g/mol. The first-order valence-corrected chi connectivity index (χ1v) is 4.58. The molecule has 1 heterocycles. The topological polar surface area (TPSA) is 63.8 Å². The van der Waals surface area contributed by atoms with Crippen LogP contribution in [0.15, 0.2) is 5.16 Å². The largest absolute Gasteiger partial charge is 0.398 e. The Morgan fingerprint density at radius 1 is 1.43 bits per heavy atom. The second-order valence-corrected chi connectivity index (χ2v) is 3.25. The molecule has 1 aromatic rings. The van der Waals surface area contributed by atoms with E-state index in [1.54, 1.807) is 0 Å². The molecular formula is C5H7F3N4OS. The van der Waals surface area contributed by atoms with Crippen LogP contribution in [0.5, 0.6) is 0 Å². The van der Waals surface area contributed by atoms with E-state index in [1.165, 1.54) is 0 Å². The van der Waals surface area contributed by atoms with Gasteiger partial charge in [-0.1, -0.05) is 11.8 Å². The fraction of sp³-hybridized carbons (Fsp3) is 0.800. The molecular weight excluding hydrogens is 221 g/mol. The molecule has 0 radical (unpaired) electrons. The minimum atomic E-state index is -4.25. The van der Waals surface area contributed by atoms with Crippen molar-refractivity contribution < 1.29 is 18.3 Å². The lowest BCUT2D eigenvalue weighted by Gasteiger charge is -2.04. The number of aliphatic hydroxyl groups is 1. The molecule has 0 fully saturated rings. The minimum absolute atomic E-state index is 0.0522. The third-order valence-electron chi connectivity index (χ3n) is 1.18. The monoisotopic (exact) mass is 228 g/mol. The molecule has 0 aromatic carbocycles. The maximum atomic E-state index is 11.8. The molecule has 0 aliphatic heterocycles. The standard InChI is InChI=1S/C5H7F3N4OS/c6-5(7,8)3-14-4-9-10-11-12(4)1-2-13/h13H,1-3H2. The summed E-state index contributed by atoms with van der Waals surface area (Å²) in [7, 11) is 0. The summed E-state index contributed by atoms with van der Waals surface area (Å²) in [6.45, 7) is -0.127. The average Bonchev–Trinajstić information content (AvgIpc) is 2.48. The summed E-state index contributed by atoms with van der Waals surface area (Å²) in [4.78, 5) is 0. The number of tetrazole rings is 1. The molecule has 0 saturated heterocycles. The number of hydrogen-bond acceptors (Lipinski definition) is 5. The van der Waals surface area contributed by atoms with Crippen molar-refractivity contribution in [2.75, 3.05) is 12.4 Å². The van der Waals surface area contributed by atoms with E-state index in [2.05, 4.69) is 15.5 Å². The Bertz CT molecular complexity index is 289. The van der Waals surface area contributed by atoms with Gasteiger partial charge in [0.2, 0.25) is 5.16 Å². The van der Waals surface area contributed by atoms with Crippen LogP contribution in [0.25, 0.3) is 0 Å². The van der Waals surface area contributed by atoms with E-state index in [1.807, 2.05) is 0 Å². The van der Waals surface area contributed by atoms with Crippen molar-refractivity contribution in [1.82, 2.24) is 20.2 Å². The predicted octanol–water partition coefficient (Wildman–Crippen LogP) is 0.320. The summed E-state index contributed by atoms with van der Waals surface area (Å²) >= 11 is 0.491. The molecule has 1 N–H and O–H groups in total. The first kappa shape index (κ1) is 11.2. The lowest BCUT2D eigenvalue weighted by Crippen LogP contribution is -2.12. The van der Waals surface area contributed by atoms with Gasteiger partial charge >= 0.3 is 6.18 Å². The van der Waals surface area contributed by atoms with Crippen molar-refractivity contribution in [2.45, 2.75) is 17.9 Å². The highest BCUT2D eigenvalue weighted by molar-refractivity contribution is 7.99. The van der Waals surface area contributed by atoms with Crippen molar-refractivity contribution in [3.63, 3.8) is 0 Å². The van der Waals surface area contributed by atoms with Gasteiger partial charge in [0.15, 0.2) is 0 Å². The smallest absolute Gasteiger partial charge is 0.394 e. The Kier molecular flexibility index (Phi) is 3.69. The van der Waals surface area contributed by atoms with E-state index in [9.17, 15) is 13.2 Å². The van der Waals surface area contributed by atoms with Gasteiger partial charge in [0.1, 0.15) is 0 Å². The highest BCUT2D eigenvalue weighted by Gasteiger charge is 2.28. The zero-order valence-corrected chi connectivity index (χ0v) is 7.72. The zero-order chi connectivity index (χ0) is 10.6. The summed E-state index contributed by atoms with van der Waals surface area (Å²) in [6.07, 6.45) is -4.25. The van der Waals surface area contributed by atoms with E-state index in [-0.39, 0.29) is 18.3 Å². The summed E-state index contributed by atoms with van der Waals surface area (Å²) < 4.78 is 36.6. The molecule has 0 bridgehead atoms. The van der Waals surface area contributed by atoms with Gasteiger partial charge in [-0.3, -0.25) is 0 Å². The van der Waals surface area contributed by atoms with Gasteiger partial charge in [-0.25, -0.2) is 4.68 Å². The van der Waals surface area contributed by atoms with Crippen molar-refractivity contribution in [3.05, 3.63) is 0 Å². The Morgan fingerprint density at radius 3 is 2.71 bits per heavy atom. The highest BCUT2D eigenvalue weighted by atomic mass is 32.2. The highest BCUT2D eigenvalue weighted by Crippen LogP contribution is 2.25. The Labute approximate surface area is 81.3 Å². The lowest BCUT2D eigenvalue weighted by molar-refractivity contribution is -0.105. The minimum Gasteiger partial charge on any atom is -0.394 e. The summed E-state index contributed by atoms with van der Waals surface area (Å²) in [5, 5.41) is 18.6. The number of rotatable bonds is 4. The van der Waals surface area contributed by atoms with Crippen LogP contribution >= 0.6 is 11.8 Å². The Hall–Kier alpha value is -0.830. The molecule has 14 heavy (non-hydrogen) atoms. The van der Waals surface area contributed by atoms with Crippen molar-refractivity contribution >= 4 is 11.8 Å². The molecule has 1 rings (SSSR count). The van der Waals surface area contributed by atoms with Crippen molar-refractivity contribution in [1.29, 1.82) is 0 Å². The fourth-order valence-corrected chi connectivity index (χ4v) is 1.35. The molecule has 5 nitrogen and oxygen atoms in total. The van der Waals surface area contributed by atoms with Gasteiger partial charge in [-0.05, 0) is 10.4 Å². The lowest BCUT2D eigenvalue weighted by atomic mass is 10.7. The summed E-state index contributed by atoms with van der Waals surface area (Å²) in [6, 6.07) is 0. The van der Waals surface area contributed by atoms with Gasteiger partial charge in [0.05, 0.1) is 18.9 Å². The molecule has 0 spiro atoms. The normalized spacial score (nSPS) is 12.0. The maximum Gasteiger partial charge on any atom is 0.398 e. The number of aromatic nitrogens is 4. The molecule has 1 aromatic heterocycles. The number of alkyl halides is 3. The van der Waals surface area contributed by atoms with E-state index in [0.717, 1.165) is 4.68 Å². The van der Waals surface area contributed by atoms with Gasteiger partial charge in [0.25, 0.3) is 0 Å². The fourth-order valence-electron chi connectivity index (χ4n) is 0.681. The molecule has 0 aliphatic carbocycles.